The normalized spacial score (nSPS) is 15.2. The zero-order valence-electron chi connectivity index (χ0n) is 19.7. The lowest BCUT2D eigenvalue weighted by atomic mass is 9.87. The number of carbonyl (C=O) groups is 1. The molecular formula is C29H25FN4O. The fourth-order valence-electron chi connectivity index (χ4n) is 5.12. The molecule has 0 bridgehead atoms. The molecule has 1 aliphatic carbocycles. The third-order valence-electron chi connectivity index (χ3n) is 6.59. The van der Waals surface area contributed by atoms with E-state index >= 15 is 0 Å². The summed E-state index contributed by atoms with van der Waals surface area (Å²) in [7, 11) is 0. The average molecular weight is 465 g/mol. The molecule has 0 saturated carbocycles. The van der Waals surface area contributed by atoms with E-state index in [1.807, 2.05) is 26.0 Å². The van der Waals surface area contributed by atoms with Crippen LogP contribution in [-0.2, 0) is 11.2 Å². The number of amides is 1. The second-order valence-electron chi connectivity index (χ2n) is 8.96. The number of hydrogen-bond acceptors (Lipinski definition) is 3. The third kappa shape index (κ3) is 4.22. The maximum absolute atomic E-state index is 13.2. The number of nitrogens with one attached hydrogen (secondary N) is 1. The predicted molar refractivity (Wildman–Crippen MR) is 136 cm³/mol. The van der Waals surface area contributed by atoms with Gasteiger partial charge >= 0.3 is 0 Å². The lowest BCUT2D eigenvalue weighted by Gasteiger charge is -2.28. The highest BCUT2D eigenvalue weighted by Gasteiger charge is 2.28. The van der Waals surface area contributed by atoms with Crippen LogP contribution < -0.4 is 5.32 Å². The number of aromatic nitrogens is 2. The Morgan fingerprint density at radius 2 is 1.97 bits per heavy atom. The second kappa shape index (κ2) is 9.19. The van der Waals surface area contributed by atoms with Crippen molar-refractivity contribution in [2.75, 3.05) is 5.32 Å². The third-order valence-corrected chi connectivity index (χ3v) is 6.59. The number of fused-ring (bicyclic) bond motifs is 2. The molecule has 2 aromatic carbocycles. The quantitative estimate of drug-likeness (QED) is 0.363. The molecule has 5 rings (SSSR count). The monoisotopic (exact) mass is 464 g/mol. The number of carbonyl (C=O) groups excluding carboxylic acids is 1. The second-order valence-corrected chi connectivity index (χ2v) is 8.96. The van der Waals surface area contributed by atoms with Gasteiger partial charge < -0.3 is 9.88 Å². The summed E-state index contributed by atoms with van der Waals surface area (Å²) >= 11 is 0. The van der Waals surface area contributed by atoms with Crippen LogP contribution >= 0.6 is 0 Å². The summed E-state index contributed by atoms with van der Waals surface area (Å²) in [4.78, 5) is 17.6. The summed E-state index contributed by atoms with van der Waals surface area (Å²) in [6, 6.07) is 18.4. The van der Waals surface area contributed by atoms with Gasteiger partial charge in [-0.05, 0) is 86.2 Å². The lowest BCUT2D eigenvalue weighted by molar-refractivity contribution is -0.111. The van der Waals surface area contributed by atoms with Crippen LogP contribution in [0.15, 0.2) is 60.7 Å². The zero-order chi connectivity index (χ0) is 24.5. The minimum Gasteiger partial charge on any atom is -0.323 e. The first-order valence-electron chi connectivity index (χ1n) is 11.7. The lowest BCUT2D eigenvalue weighted by Crippen LogP contribution is -2.19. The molecule has 0 saturated heterocycles. The Hall–Kier alpha value is -4.24. The maximum Gasteiger partial charge on any atom is 0.248 e. The Balaban J connectivity index is 1.65. The van der Waals surface area contributed by atoms with Crippen molar-refractivity contribution in [2.24, 2.45) is 0 Å². The number of benzene rings is 2. The van der Waals surface area contributed by atoms with Crippen LogP contribution in [0.5, 0.6) is 0 Å². The van der Waals surface area contributed by atoms with E-state index in [-0.39, 0.29) is 17.8 Å². The Labute approximate surface area is 203 Å². The SMILES string of the molecule is Cc1cc(C)c2c(C#N)c(/C=C/C(=O)Nc3ccc(F)cc3)n([C@H]3CCCc4ccccc43)c2n1. The highest BCUT2D eigenvalue weighted by molar-refractivity contribution is 6.03. The van der Waals surface area contributed by atoms with Crippen molar-refractivity contribution in [1.29, 1.82) is 5.26 Å². The number of anilines is 1. The van der Waals surface area contributed by atoms with Gasteiger partial charge in [-0.1, -0.05) is 24.3 Å². The van der Waals surface area contributed by atoms with Crippen molar-refractivity contribution in [3.8, 4) is 6.07 Å². The average Bonchev–Trinajstić information content (AvgIpc) is 3.17. The van der Waals surface area contributed by atoms with Gasteiger partial charge in [-0.25, -0.2) is 9.37 Å². The summed E-state index contributed by atoms with van der Waals surface area (Å²) < 4.78 is 15.3. The summed E-state index contributed by atoms with van der Waals surface area (Å²) in [6.07, 6.45) is 6.09. The van der Waals surface area contributed by atoms with Crippen LogP contribution in [0, 0.1) is 31.0 Å². The first-order valence-corrected chi connectivity index (χ1v) is 11.7. The summed E-state index contributed by atoms with van der Waals surface area (Å²) in [5.41, 5.74) is 6.84. The van der Waals surface area contributed by atoms with E-state index in [4.69, 9.17) is 4.98 Å². The molecular weight excluding hydrogens is 439 g/mol. The van der Waals surface area contributed by atoms with E-state index in [9.17, 15) is 14.4 Å². The van der Waals surface area contributed by atoms with Gasteiger partial charge in [0.05, 0.1) is 17.3 Å². The number of aryl methyl sites for hydroxylation is 3. The van der Waals surface area contributed by atoms with Crippen molar-refractivity contribution in [3.63, 3.8) is 0 Å². The molecule has 1 aliphatic rings. The van der Waals surface area contributed by atoms with E-state index in [1.54, 1.807) is 6.08 Å². The van der Waals surface area contributed by atoms with Crippen LogP contribution in [0.25, 0.3) is 17.1 Å². The number of halogens is 1. The Bertz CT molecular complexity index is 1510. The van der Waals surface area contributed by atoms with E-state index in [0.717, 1.165) is 41.6 Å². The molecule has 1 amide bonds. The molecule has 5 nitrogen and oxygen atoms in total. The molecule has 35 heavy (non-hydrogen) atoms. The van der Waals surface area contributed by atoms with Crippen LogP contribution in [0.1, 0.15) is 52.5 Å². The van der Waals surface area contributed by atoms with Crippen LogP contribution in [0.2, 0.25) is 0 Å². The summed E-state index contributed by atoms with van der Waals surface area (Å²) in [5, 5.41) is 13.7. The molecule has 4 aromatic rings. The molecule has 0 aliphatic heterocycles. The molecule has 6 heteroatoms. The highest BCUT2D eigenvalue weighted by Crippen LogP contribution is 2.39. The molecule has 0 spiro atoms. The van der Waals surface area contributed by atoms with Gasteiger partial charge in [0.2, 0.25) is 5.91 Å². The molecule has 1 atom stereocenters. The number of nitriles is 1. The smallest absolute Gasteiger partial charge is 0.248 e. The van der Waals surface area contributed by atoms with Gasteiger partial charge in [0, 0.05) is 22.8 Å². The fourth-order valence-corrected chi connectivity index (χ4v) is 5.12. The molecule has 0 fully saturated rings. The first-order chi connectivity index (χ1) is 17.0. The Morgan fingerprint density at radius 3 is 2.74 bits per heavy atom. The molecule has 0 unspecified atom stereocenters. The van der Waals surface area contributed by atoms with Crippen molar-refractivity contribution in [1.82, 2.24) is 9.55 Å². The number of pyridine rings is 1. The first kappa shape index (κ1) is 22.5. The van der Waals surface area contributed by atoms with Crippen molar-refractivity contribution in [3.05, 3.63) is 100 Å². The van der Waals surface area contributed by atoms with Crippen molar-refractivity contribution >= 4 is 28.7 Å². The molecule has 0 radical (unpaired) electrons. The number of hydrogen-bond donors (Lipinski definition) is 1. The van der Waals surface area contributed by atoms with Crippen molar-refractivity contribution < 1.29 is 9.18 Å². The van der Waals surface area contributed by atoms with Crippen LogP contribution in [0.3, 0.4) is 0 Å². The van der Waals surface area contributed by atoms with Crippen LogP contribution in [0.4, 0.5) is 10.1 Å². The minimum atomic E-state index is -0.368. The predicted octanol–water partition coefficient (Wildman–Crippen LogP) is 6.24. The van der Waals surface area contributed by atoms with Gasteiger partial charge in [-0.2, -0.15) is 5.26 Å². The van der Waals surface area contributed by atoms with Crippen molar-refractivity contribution in [2.45, 2.75) is 39.2 Å². The number of nitrogens with zero attached hydrogens (tertiary/aromatic N) is 3. The number of rotatable bonds is 4. The minimum absolute atomic E-state index is 0.0121. The molecule has 2 aromatic heterocycles. The van der Waals surface area contributed by atoms with Gasteiger partial charge in [0.25, 0.3) is 0 Å². The van der Waals surface area contributed by atoms with E-state index in [2.05, 4.69) is 34.2 Å². The van der Waals surface area contributed by atoms with E-state index in [0.29, 0.717) is 16.9 Å². The van der Waals surface area contributed by atoms with Gasteiger partial charge in [-0.15, -0.1) is 0 Å². The summed E-state index contributed by atoms with van der Waals surface area (Å²) in [5.74, 6) is -0.727. The molecule has 2 heterocycles. The fraction of sp³-hybridized carbons (Fsp3) is 0.207. The van der Waals surface area contributed by atoms with Crippen LogP contribution in [-0.4, -0.2) is 15.5 Å². The van der Waals surface area contributed by atoms with Gasteiger partial charge in [0.15, 0.2) is 0 Å². The molecule has 174 valence electrons. The van der Waals surface area contributed by atoms with E-state index in [1.165, 1.54) is 41.5 Å². The largest absolute Gasteiger partial charge is 0.323 e. The highest BCUT2D eigenvalue weighted by atomic mass is 19.1. The molecule has 1 N–H and O–H groups in total. The maximum atomic E-state index is 13.2. The topological polar surface area (TPSA) is 70.7 Å². The standard InChI is InChI=1S/C29H25FN4O/c1-18-16-19(2)32-29-28(18)24(17-31)26(14-15-27(35)33-22-12-10-21(30)11-13-22)34(29)25-9-5-7-20-6-3-4-8-23(20)25/h3-4,6,8,10-16,25H,5,7,9H2,1-2H3,(H,33,35)/b15-14+/t25-/m0/s1. The Kier molecular flexibility index (Phi) is 5.92. The zero-order valence-corrected chi connectivity index (χ0v) is 19.7. The van der Waals surface area contributed by atoms with Gasteiger partial charge in [0.1, 0.15) is 17.5 Å². The Morgan fingerprint density at radius 1 is 1.20 bits per heavy atom. The van der Waals surface area contributed by atoms with E-state index < -0.39 is 0 Å². The summed E-state index contributed by atoms with van der Waals surface area (Å²) in [6.45, 7) is 3.95. The van der Waals surface area contributed by atoms with Gasteiger partial charge in [-0.3, -0.25) is 4.79 Å².